The maximum Gasteiger partial charge on any atom is 0.322 e. The van der Waals surface area contributed by atoms with E-state index in [0.717, 1.165) is 27.0 Å². The number of carbonyl (C=O) groups is 2. The number of thiocarbonyl (C=S) groups is 1. The molecule has 6 rings (SSSR count). The van der Waals surface area contributed by atoms with Crippen molar-refractivity contribution in [2.75, 3.05) is 4.90 Å². The molecule has 1 N–H and O–H groups in total. The third-order valence-electron chi connectivity index (χ3n) is 6.30. The Morgan fingerprint density at radius 3 is 2.55 bits per heavy atom. The molecule has 3 aliphatic heterocycles. The highest BCUT2D eigenvalue weighted by Gasteiger charge is 2.66. The fraction of sp³-hybridized carbons (Fsp3) is 0.125. The number of rotatable bonds is 1. The molecule has 7 heteroatoms. The molecule has 0 aromatic heterocycles. The molecule has 5 nitrogen and oxygen atoms in total. The first-order valence-corrected chi connectivity index (χ1v) is 11.0. The minimum atomic E-state index is -1.19. The van der Waals surface area contributed by atoms with Crippen molar-refractivity contribution in [3.8, 4) is 5.75 Å². The van der Waals surface area contributed by atoms with Crippen LogP contribution in [0.15, 0.2) is 77.3 Å². The van der Waals surface area contributed by atoms with E-state index in [1.54, 1.807) is 11.0 Å². The molecule has 1 amide bonds. The Labute approximate surface area is 192 Å². The summed E-state index contributed by atoms with van der Waals surface area (Å²) in [6, 6.07) is 22.7. The predicted molar refractivity (Wildman–Crippen MR) is 123 cm³/mol. The van der Waals surface area contributed by atoms with Crippen molar-refractivity contribution in [3.63, 3.8) is 0 Å². The largest absolute Gasteiger partial charge is 0.426 e. The summed E-state index contributed by atoms with van der Waals surface area (Å²) in [6.07, 6.45) is 0. The molecular weight excluding hydrogens is 476 g/mol. The van der Waals surface area contributed by atoms with Crippen LogP contribution < -0.4 is 15.0 Å². The molecule has 3 heterocycles. The van der Waals surface area contributed by atoms with Crippen molar-refractivity contribution in [1.29, 1.82) is 0 Å². The van der Waals surface area contributed by atoms with E-state index in [0.29, 0.717) is 10.7 Å². The summed E-state index contributed by atoms with van der Waals surface area (Å²) >= 11 is 9.13. The third kappa shape index (κ3) is 2.38. The minimum Gasteiger partial charge on any atom is -0.426 e. The molecule has 0 bridgehead atoms. The van der Waals surface area contributed by atoms with Crippen LogP contribution in [0, 0.1) is 5.92 Å². The van der Waals surface area contributed by atoms with E-state index >= 15 is 0 Å². The van der Waals surface area contributed by atoms with Gasteiger partial charge >= 0.3 is 5.97 Å². The van der Waals surface area contributed by atoms with Crippen LogP contribution in [-0.4, -0.2) is 16.9 Å². The second-order valence-corrected chi connectivity index (χ2v) is 9.20. The molecule has 31 heavy (non-hydrogen) atoms. The van der Waals surface area contributed by atoms with Gasteiger partial charge in [0.1, 0.15) is 11.7 Å². The topological polar surface area (TPSA) is 58.6 Å². The summed E-state index contributed by atoms with van der Waals surface area (Å²) in [5, 5.41) is 3.29. The van der Waals surface area contributed by atoms with Crippen molar-refractivity contribution in [2.45, 2.75) is 11.5 Å². The second-order valence-electron chi connectivity index (χ2n) is 7.85. The average molecular weight is 491 g/mol. The number of nitrogens with zero attached hydrogens (tertiary/aromatic N) is 1. The molecule has 3 atom stereocenters. The zero-order valence-corrected chi connectivity index (χ0v) is 18.4. The Morgan fingerprint density at radius 2 is 1.74 bits per heavy atom. The third-order valence-corrected chi connectivity index (χ3v) is 7.15. The quantitative estimate of drug-likeness (QED) is 0.307. The summed E-state index contributed by atoms with van der Waals surface area (Å²) < 4.78 is 6.44. The van der Waals surface area contributed by atoms with Crippen molar-refractivity contribution in [1.82, 2.24) is 5.32 Å². The Bertz CT molecular complexity index is 1290. The molecule has 3 aromatic rings. The van der Waals surface area contributed by atoms with Gasteiger partial charge in [-0.25, -0.2) is 0 Å². The predicted octanol–water partition coefficient (Wildman–Crippen LogP) is 4.57. The molecule has 3 aliphatic rings. The van der Waals surface area contributed by atoms with Gasteiger partial charge in [0.15, 0.2) is 5.54 Å². The molecule has 152 valence electrons. The van der Waals surface area contributed by atoms with Crippen LogP contribution in [0.3, 0.4) is 0 Å². The van der Waals surface area contributed by atoms with Gasteiger partial charge in [0.2, 0.25) is 0 Å². The standard InChI is InChI=1S/C24H15BrN2O3S/c25-13-10-11-18-15(12-13)20-19(22(28)30-18)21(31)26-24(20)16-8-4-5-9-17(16)27(23(24)29)14-6-2-1-3-7-14/h1-12,19-20H,(H,26,31)/t19-,20+,24-/m0/s1. The van der Waals surface area contributed by atoms with Crippen molar-refractivity contribution < 1.29 is 14.3 Å². The Balaban J connectivity index is 1.64. The van der Waals surface area contributed by atoms with Gasteiger partial charge in [-0.05, 0) is 36.4 Å². The first-order valence-electron chi connectivity index (χ1n) is 9.84. The van der Waals surface area contributed by atoms with Crippen LogP contribution in [0.1, 0.15) is 17.0 Å². The monoisotopic (exact) mass is 490 g/mol. The van der Waals surface area contributed by atoms with Gasteiger partial charge in [-0.3, -0.25) is 14.5 Å². The highest BCUT2D eigenvalue weighted by atomic mass is 79.9. The number of para-hydroxylation sites is 2. The molecule has 0 radical (unpaired) electrons. The van der Waals surface area contributed by atoms with Gasteiger partial charge in [0, 0.05) is 27.2 Å². The summed E-state index contributed by atoms with van der Waals surface area (Å²) in [7, 11) is 0. The lowest BCUT2D eigenvalue weighted by Gasteiger charge is -2.35. The van der Waals surface area contributed by atoms with E-state index < -0.39 is 23.3 Å². The second kappa shape index (κ2) is 6.48. The van der Waals surface area contributed by atoms with Gasteiger partial charge in [0.25, 0.3) is 5.91 Å². The number of carbonyl (C=O) groups excluding carboxylic acids is 2. The number of anilines is 2. The lowest BCUT2D eigenvalue weighted by Crippen LogP contribution is -2.50. The molecule has 1 fully saturated rings. The van der Waals surface area contributed by atoms with Crippen molar-refractivity contribution in [2.24, 2.45) is 5.92 Å². The number of esters is 1. The number of hydrogen-bond acceptors (Lipinski definition) is 4. The molecular formula is C24H15BrN2O3S. The summed E-state index contributed by atoms with van der Waals surface area (Å²) in [4.78, 5) is 29.2. The number of halogens is 1. The van der Waals surface area contributed by atoms with Crippen LogP contribution in [0.25, 0.3) is 0 Å². The Morgan fingerprint density at radius 1 is 1.00 bits per heavy atom. The first kappa shape index (κ1) is 18.7. The van der Waals surface area contributed by atoms with Crippen molar-refractivity contribution in [3.05, 3.63) is 88.4 Å². The molecule has 1 spiro atoms. The van der Waals surface area contributed by atoms with Crippen LogP contribution in [0.5, 0.6) is 5.75 Å². The normalized spacial score (nSPS) is 25.7. The summed E-state index contributed by atoms with van der Waals surface area (Å²) in [5.74, 6) is -1.38. The van der Waals surface area contributed by atoms with Gasteiger partial charge in [-0.2, -0.15) is 0 Å². The highest BCUT2D eigenvalue weighted by Crippen LogP contribution is 2.59. The van der Waals surface area contributed by atoms with Gasteiger partial charge in [-0.15, -0.1) is 0 Å². The van der Waals surface area contributed by atoms with E-state index in [1.165, 1.54) is 0 Å². The highest BCUT2D eigenvalue weighted by molar-refractivity contribution is 9.10. The van der Waals surface area contributed by atoms with Crippen LogP contribution in [-0.2, 0) is 15.1 Å². The van der Waals surface area contributed by atoms with E-state index in [2.05, 4.69) is 21.2 Å². The lowest BCUT2D eigenvalue weighted by molar-refractivity contribution is -0.139. The number of nitrogens with one attached hydrogen (secondary N) is 1. The van der Waals surface area contributed by atoms with Gasteiger partial charge in [-0.1, -0.05) is 64.5 Å². The van der Waals surface area contributed by atoms with E-state index in [4.69, 9.17) is 17.0 Å². The number of benzene rings is 3. The molecule has 3 aromatic carbocycles. The Kier molecular flexibility index (Phi) is 3.91. The maximum atomic E-state index is 14.2. The fourth-order valence-corrected chi connectivity index (χ4v) is 5.86. The molecule has 0 unspecified atom stereocenters. The van der Waals surface area contributed by atoms with Crippen LogP contribution >= 0.6 is 28.1 Å². The van der Waals surface area contributed by atoms with E-state index in [-0.39, 0.29) is 5.91 Å². The van der Waals surface area contributed by atoms with Crippen LogP contribution in [0.4, 0.5) is 11.4 Å². The smallest absolute Gasteiger partial charge is 0.322 e. The van der Waals surface area contributed by atoms with Crippen LogP contribution in [0.2, 0.25) is 0 Å². The molecule has 0 aliphatic carbocycles. The van der Waals surface area contributed by atoms with E-state index in [1.807, 2.05) is 66.7 Å². The number of amides is 1. The van der Waals surface area contributed by atoms with Gasteiger partial charge < -0.3 is 10.1 Å². The minimum absolute atomic E-state index is 0.157. The maximum absolute atomic E-state index is 14.2. The number of fused-ring (bicyclic) bond motifs is 6. The van der Waals surface area contributed by atoms with Gasteiger partial charge in [0.05, 0.1) is 10.7 Å². The SMILES string of the molecule is O=C1Oc2ccc(Br)cc2[C@@H]2[C@H]1C(=S)N[C@]21C(=O)N(c2ccccc2)c2ccccc21. The molecule has 1 saturated heterocycles. The number of ether oxygens (including phenoxy) is 1. The summed E-state index contributed by atoms with van der Waals surface area (Å²) in [6.45, 7) is 0. The Hall–Kier alpha value is -3.03. The average Bonchev–Trinajstić information content (AvgIpc) is 3.22. The number of hydrogen-bond donors (Lipinski definition) is 1. The zero-order chi connectivity index (χ0) is 21.3. The molecule has 0 saturated carbocycles. The first-order chi connectivity index (χ1) is 15.0. The van der Waals surface area contributed by atoms with Crippen molar-refractivity contribution >= 4 is 56.4 Å². The fourth-order valence-electron chi connectivity index (χ4n) is 5.09. The lowest BCUT2D eigenvalue weighted by atomic mass is 9.71. The van der Waals surface area contributed by atoms with E-state index in [9.17, 15) is 9.59 Å². The summed E-state index contributed by atoms with van der Waals surface area (Å²) in [5.41, 5.74) is 1.94. The zero-order valence-electron chi connectivity index (χ0n) is 16.0.